The largest absolute Gasteiger partial charge is 0.363 e. The molecule has 7 heteroatoms. The fourth-order valence-electron chi connectivity index (χ4n) is 3.69. The number of hydrogen-bond acceptors (Lipinski definition) is 4. The van der Waals surface area contributed by atoms with E-state index in [1.54, 1.807) is 13.1 Å². The number of carbonyl (C=O) groups excluding carboxylic acids is 1. The van der Waals surface area contributed by atoms with Gasteiger partial charge in [0.1, 0.15) is 5.78 Å². The van der Waals surface area contributed by atoms with Gasteiger partial charge in [-0.2, -0.15) is 4.74 Å². The van der Waals surface area contributed by atoms with E-state index < -0.39 is 17.5 Å². The molecule has 1 saturated carbocycles. The van der Waals surface area contributed by atoms with Crippen molar-refractivity contribution >= 4 is 44.8 Å². The Balaban J connectivity index is 1.98. The number of hydrogen-bond donors (Lipinski definition) is 0. The number of Topliss-reactive ketones (excluding diaryl/α,β-unsaturated/α-hetero) is 1. The van der Waals surface area contributed by atoms with Crippen molar-refractivity contribution in [2.24, 2.45) is 18.0 Å². The van der Waals surface area contributed by atoms with Crippen LogP contribution in [0.2, 0.25) is 5.02 Å². The average Bonchev–Trinajstić information content (AvgIpc) is 2.83. The van der Waals surface area contributed by atoms with E-state index in [1.807, 2.05) is 12.1 Å². The molecule has 1 aliphatic heterocycles. The minimum absolute atomic E-state index is 0.123. The van der Waals surface area contributed by atoms with Crippen LogP contribution in [0.5, 0.6) is 0 Å². The van der Waals surface area contributed by atoms with Gasteiger partial charge in [-0.15, -0.1) is 0 Å². The summed E-state index contributed by atoms with van der Waals surface area (Å²) in [6.07, 6.45) is 2.07. The van der Waals surface area contributed by atoms with Gasteiger partial charge in [-0.1, -0.05) is 17.7 Å². The standard InChI is InChI=1S/C17H14BrClN2O3/c1-21-16-15(17(23)24-21)13(8-5-6-9(18)10(19)7-8)14-11(20-16)3-2-4-12(14)22/h5-7,13-14H,2-4H2,1H3. The van der Waals surface area contributed by atoms with Crippen LogP contribution in [0, 0.1) is 5.92 Å². The van der Waals surface area contributed by atoms with Crippen LogP contribution in [0.3, 0.4) is 0 Å². The molecule has 0 bridgehead atoms. The summed E-state index contributed by atoms with van der Waals surface area (Å²) in [5.74, 6) is -0.180. The quantitative estimate of drug-likeness (QED) is 0.715. The first kappa shape index (κ1) is 15.8. The van der Waals surface area contributed by atoms with Crippen molar-refractivity contribution in [1.29, 1.82) is 0 Å². The van der Waals surface area contributed by atoms with Crippen LogP contribution in [0.15, 0.2) is 37.0 Å². The normalized spacial score (nSPS) is 22.8. The number of nitrogens with zero attached hydrogens (tertiary/aromatic N) is 2. The van der Waals surface area contributed by atoms with Crippen LogP contribution in [-0.4, -0.2) is 16.2 Å². The maximum atomic E-state index is 12.6. The molecule has 1 fully saturated rings. The van der Waals surface area contributed by atoms with E-state index in [1.165, 1.54) is 4.74 Å². The van der Waals surface area contributed by atoms with Crippen molar-refractivity contribution in [1.82, 2.24) is 4.74 Å². The lowest BCUT2D eigenvalue weighted by Gasteiger charge is -2.33. The third-order valence-corrected chi connectivity index (χ3v) is 5.97. The van der Waals surface area contributed by atoms with E-state index in [-0.39, 0.29) is 5.78 Å². The van der Waals surface area contributed by atoms with Crippen molar-refractivity contribution in [3.05, 3.63) is 49.2 Å². The average molecular weight is 410 g/mol. The van der Waals surface area contributed by atoms with Crippen molar-refractivity contribution < 1.29 is 9.32 Å². The summed E-state index contributed by atoms with van der Waals surface area (Å²) in [6, 6.07) is 5.53. The summed E-state index contributed by atoms with van der Waals surface area (Å²) in [4.78, 5) is 29.6. The number of fused-ring (bicyclic) bond motifs is 2. The van der Waals surface area contributed by atoms with Crippen LogP contribution < -0.4 is 5.63 Å². The number of halogens is 2. The molecule has 0 amide bonds. The van der Waals surface area contributed by atoms with Gasteiger partial charge in [-0.05, 0) is 46.5 Å². The SMILES string of the molecule is Cn1oc(=O)c2c1N=C1CCCC(=O)C1C2c1ccc(Br)c(Cl)c1. The fourth-order valence-corrected chi connectivity index (χ4v) is 4.12. The number of aromatic nitrogens is 1. The number of aliphatic imine (C=N–C) groups is 1. The van der Waals surface area contributed by atoms with Crippen LogP contribution >= 0.6 is 27.5 Å². The van der Waals surface area contributed by atoms with E-state index in [0.29, 0.717) is 22.8 Å². The molecule has 0 saturated heterocycles. The molecule has 24 heavy (non-hydrogen) atoms. The molecule has 1 aromatic carbocycles. The van der Waals surface area contributed by atoms with Gasteiger partial charge in [-0.25, -0.2) is 9.79 Å². The molecular weight excluding hydrogens is 396 g/mol. The van der Waals surface area contributed by atoms with E-state index in [2.05, 4.69) is 20.9 Å². The minimum Gasteiger partial charge on any atom is -0.334 e. The molecule has 1 aliphatic carbocycles. The number of rotatable bonds is 1. The van der Waals surface area contributed by atoms with Crippen LogP contribution in [0.1, 0.15) is 36.3 Å². The van der Waals surface area contributed by atoms with Gasteiger partial charge >= 0.3 is 5.63 Å². The minimum atomic E-state index is -0.447. The molecule has 4 rings (SSSR count). The first-order valence-corrected chi connectivity index (χ1v) is 8.90. The van der Waals surface area contributed by atoms with Crippen molar-refractivity contribution in [2.45, 2.75) is 25.2 Å². The molecule has 5 nitrogen and oxygen atoms in total. The van der Waals surface area contributed by atoms with Crippen LogP contribution in [-0.2, 0) is 11.8 Å². The lowest BCUT2D eigenvalue weighted by Crippen LogP contribution is -2.37. The highest BCUT2D eigenvalue weighted by Crippen LogP contribution is 2.45. The van der Waals surface area contributed by atoms with Gasteiger partial charge in [0.2, 0.25) is 0 Å². The van der Waals surface area contributed by atoms with Crippen LogP contribution in [0.4, 0.5) is 5.82 Å². The molecule has 2 atom stereocenters. The van der Waals surface area contributed by atoms with Gasteiger partial charge in [0, 0.05) is 29.6 Å². The van der Waals surface area contributed by atoms with Gasteiger partial charge in [0.15, 0.2) is 5.82 Å². The third kappa shape index (κ3) is 2.31. The Hall–Kier alpha value is -1.66. The molecular formula is C17H14BrClN2O3. The zero-order chi connectivity index (χ0) is 17.0. The van der Waals surface area contributed by atoms with E-state index in [4.69, 9.17) is 16.1 Å². The van der Waals surface area contributed by atoms with Gasteiger partial charge < -0.3 is 4.52 Å². The third-order valence-electron chi connectivity index (χ3n) is 4.74. The van der Waals surface area contributed by atoms with Crippen molar-refractivity contribution in [3.63, 3.8) is 0 Å². The Kier molecular flexibility index (Phi) is 3.77. The Morgan fingerprint density at radius 2 is 2.08 bits per heavy atom. The number of carbonyl (C=O) groups is 1. The van der Waals surface area contributed by atoms with Crippen molar-refractivity contribution in [2.75, 3.05) is 0 Å². The van der Waals surface area contributed by atoms with E-state index >= 15 is 0 Å². The van der Waals surface area contributed by atoms with Crippen molar-refractivity contribution in [3.8, 4) is 0 Å². The molecule has 2 aromatic rings. The Labute approximate surface area is 151 Å². The van der Waals surface area contributed by atoms with Crippen LogP contribution in [0.25, 0.3) is 0 Å². The summed E-state index contributed by atoms with van der Waals surface area (Å²) in [5, 5.41) is 0.543. The highest BCUT2D eigenvalue weighted by molar-refractivity contribution is 9.10. The number of aryl methyl sites for hydroxylation is 1. The summed E-state index contributed by atoms with van der Waals surface area (Å²) in [7, 11) is 1.65. The second-order valence-corrected chi connectivity index (χ2v) is 7.43. The number of ketones is 1. The van der Waals surface area contributed by atoms with E-state index in [9.17, 15) is 9.59 Å². The molecule has 2 unspecified atom stereocenters. The summed E-state index contributed by atoms with van der Waals surface area (Å²) < 4.78 is 7.37. The predicted octanol–water partition coefficient (Wildman–Crippen LogP) is 3.98. The lowest BCUT2D eigenvalue weighted by atomic mass is 9.70. The fraction of sp³-hybridized carbons (Fsp3) is 0.353. The monoisotopic (exact) mass is 408 g/mol. The maximum Gasteiger partial charge on any atom is 0.363 e. The topological polar surface area (TPSA) is 64.6 Å². The first-order chi connectivity index (χ1) is 11.5. The Bertz CT molecular complexity index is 944. The highest BCUT2D eigenvalue weighted by atomic mass is 79.9. The Morgan fingerprint density at radius 3 is 2.83 bits per heavy atom. The molecule has 2 heterocycles. The summed E-state index contributed by atoms with van der Waals surface area (Å²) in [6.45, 7) is 0. The lowest BCUT2D eigenvalue weighted by molar-refractivity contribution is -0.121. The van der Waals surface area contributed by atoms with Gasteiger partial charge in [0.05, 0.1) is 16.5 Å². The Morgan fingerprint density at radius 1 is 1.29 bits per heavy atom. The van der Waals surface area contributed by atoms with Gasteiger partial charge in [0.25, 0.3) is 0 Å². The molecule has 0 N–H and O–H groups in total. The zero-order valence-electron chi connectivity index (χ0n) is 12.9. The zero-order valence-corrected chi connectivity index (χ0v) is 15.2. The molecule has 0 spiro atoms. The van der Waals surface area contributed by atoms with Gasteiger partial charge in [-0.3, -0.25) is 4.79 Å². The smallest absolute Gasteiger partial charge is 0.334 e. The highest BCUT2D eigenvalue weighted by Gasteiger charge is 2.44. The molecule has 0 radical (unpaired) electrons. The number of benzene rings is 1. The maximum absolute atomic E-state index is 12.6. The molecule has 2 aliphatic rings. The molecule has 124 valence electrons. The predicted molar refractivity (Wildman–Crippen MR) is 94.4 cm³/mol. The second kappa shape index (κ2) is 5.70. The molecule has 1 aromatic heterocycles. The van der Waals surface area contributed by atoms with E-state index in [0.717, 1.165) is 28.6 Å². The second-order valence-electron chi connectivity index (χ2n) is 6.17. The summed E-state index contributed by atoms with van der Waals surface area (Å²) in [5.41, 5.74) is 1.66. The summed E-state index contributed by atoms with van der Waals surface area (Å²) >= 11 is 9.63. The first-order valence-electron chi connectivity index (χ1n) is 7.72.